The number of carbonyl (C=O) groups excluding carboxylic acids is 2. The first kappa shape index (κ1) is 23.5. The van der Waals surface area contributed by atoms with Crippen molar-refractivity contribution in [1.29, 1.82) is 0 Å². The third-order valence-corrected chi connectivity index (χ3v) is 8.63. The van der Waals surface area contributed by atoms with Crippen LogP contribution in [-0.4, -0.2) is 61.8 Å². The van der Waals surface area contributed by atoms with E-state index in [1.807, 2.05) is 33.8 Å². The molecular formula is C27H23ClN6O3S. The fraction of sp³-hybridized carbons (Fsp3) is 0.296. The van der Waals surface area contributed by atoms with Gasteiger partial charge in [0.15, 0.2) is 5.13 Å². The molecule has 192 valence electrons. The van der Waals surface area contributed by atoms with Gasteiger partial charge in [0.05, 0.1) is 51.4 Å². The fourth-order valence-corrected chi connectivity index (χ4v) is 6.99. The number of benzene rings is 1. The predicted octanol–water partition coefficient (Wildman–Crippen LogP) is 4.38. The molecule has 5 heterocycles. The van der Waals surface area contributed by atoms with E-state index in [4.69, 9.17) is 21.4 Å². The molecule has 2 fully saturated rings. The molecule has 1 aromatic carbocycles. The summed E-state index contributed by atoms with van der Waals surface area (Å²) in [5.74, 6) is -0.195. The van der Waals surface area contributed by atoms with Crippen molar-refractivity contribution in [3.63, 3.8) is 0 Å². The molecule has 2 atom stereocenters. The van der Waals surface area contributed by atoms with Gasteiger partial charge in [-0.1, -0.05) is 22.9 Å². The lowest BCUT2D eigenvalue weighted by molar-refractivity contribution is -0.114. The number of ether oxygens (including phenoxy) is 1. The number of nitrogens with one attached hydrogen (secondary N) is 1. The predicted molar refractivity (Wildman–Crippen MR) is 144 cm³/mol. The Labute approximate surface area is 227 Å². The molecule has 2 unspecified atom stereocenters. The number of aromatic nitrogens is 4. The van der Waals surface area contributed by atoms with Crippen LogP contribution in [0.5, 0.6) is 0 Å². The number of aryl methyl sites for hydroxylation is 1. The van der Waals surface area contributed by atoms with Crippen molar-refractivity contribution in [2.75, 3.05) is 18.5 Å². The first-order chi connectivity index (χ1) is 18.5. The van der Waals surface area contributed by atoms with Gasteiger partial charge in [-0.05, 0) is 49.6 Å². The number of amides is 2. The third kappa shape index (κ3) is 3.82. The summed E-state index contributed by atoms with van der Waals surface area (Å²) in [5.41, 5.74) is 5.85. The second-order valence-electron chi connectivity index (χ2n) is 9.77. The van der Waals surface area contributed by atoms with Gasteiger partial charge in [-0.25, -0.2) is 9.67 Å². The maximum Gasteiger partial charge on any atom is 0.254 e. The number of pyridine rings is 1. The van der Waals surface area contributed by atoms with E-state index in [9.17, 15) is 9.59 Å². The van der Waals surface area contributed by atoms with Gasteiger partial charge in [0.2, 0.25) is 5.91 Å². The summed E-state index contributed by atoms with van der Waals surface area (Å²) in [5, 5.41) is 8.82. The zero-order chi connectivity index (χ0) is 26.0. The Kier molecular flexibility index (Phi) is 5.57. The smallest absolute Gasteiger partial charge is 0.254 e. The highest BCUT2D eigenvalue weighted by Gasteiger charge is 2.41. The number of likely N-dealkylation sites (tertiary alicyclic amines) is 1. The lowest BCUT2D eigenvalue weighted by atomic mass is 9.95. The zero-order valence-corrected chi connectivity index (χ0v) is 22.1. The van der Waals surface area contributed by atoms with Crippen LogP contribution in [0.15, 0.2) is 42.7 Å². The lowest BCUT2D eigenvalue weighted by Gasteiger charge is -2.27. The summed E-state index contributed by atoms with van der Waals surface area (Å²) in [4.78, 5) is 36.7. The van der Waals surface area contributed by atoms with Crippen molar-refractivity contribution in [3.05, 3.63) is 64.6 Å². The molecule has 1 N–H and O–H groups in total. The van der Waals surface area contributed by atoms with Gasteiger partial charge in [0.25, 0.3) is 5.91 Å². The van der Waals surface area contributed by atoms with Gasteiger partial charge in [-0.2, -0.15) is 5.10 Å². The Morgan fingerprint density at radius 3 is 2.84 bits per heavy atom. The number of fused-ring (bicyclic) bond motifs is 5. The van der Waals surface area contributed by atoms with E-state index in [0.29, 0.717) is 34.6 Å². The van der Waals surface area contributed by atoms with E-state index in [1.54, 1.807) is 18.5 Å². The number of morpholine rings is 1. The minimum absolute atomic E-state index is 0.0301. The number of hydrogen-bond acceptors (Lipinski definition) is 7. The highest BCUT2D eigenvalue weighted by molar-refractivity contribution is 7.19. The molecule has 0 spiro atoms. The molecular weight excluding hydrogens is 524 g/mol. The van der Waals surface area contributed by atoms with Crippen LogP contribution in [0.4, 0.5) is 5.13 Å². The van der Waals surface area contributed by atoms with Crippen molar-refractivity contribution < 1.29 is 14.3 Å². The van der Waals surface area contributed by atoms with Gasteiger partial charge in [-0.15, -0.1) is 0 Å². The average Bonchev–Trinajstić information content (AvgIpc) is 3.70. The molecule has 0 saturated carbocycles. The van der Waals surface area contributed by atoms with E-state index in [1.165, 1.54) is 18.3 Å². The lowest BCUT2D eigenvalue weighted by Crippen LogP contribution is -2.41. The fourth-order valence-electron chi connectivity index (χ4n) is 5.61. The standard InChI is InChI=1S/C27H23ClN6O3S/c1-14(35)30-27-31-21-6-5-19-23(16-3-2-8-29-11-16)32-34(24(19)25(21)38-27)22-7-4-15(9-20(22)28)26(36)33-12-18-10-17(33)13-37-18/h2-4,7-9,11,17-18H,5-6,10,12-13H2,1H3,(H,30,31,35). The molecule has 7 rings (SSSR count). The summed E-state index contributed by atoms with van der Waals surface area (Å²) < 4.78 is 7.49. The Morgan fingerprint density at radius 2 is 2.13 bits per heavy atom. The molecule has 11 heteroatoms. The monoisotopic (exact) mass is 546 g/mol. The average molecular weight is 547 g/mol. The Balaban J connectivity index is 1.33. The van der Waals surface area contributed by atoms with E-state index >= 15 is 0 Å². The zero-order valence-electron chi connectivity index (χ0n) is 20.5. The van der Waals surface area contributed by atoms with Crippen LogP contribution in [0.25, 0.3) is 27.5 Å². The molecule has 2 bridgehead atoms. The number of nitrogens with zero attached hydrogens (tertiary/aromatic N) is 5. The highest BCUT2D eigenvalue weighted by Crippen LogP contribution is 2.44. The molecule has 3 aliphatic rings. The van der Waals surface area contributed by atoms with E-state index in [2.05, 4.69) is 15.3 Å². The number of anilines is 1. The van der Waals surface area contributed by atoms with Gasteiger partial charge >= 0.3 is 0 Å². The molecule has 9 nitrogen and oxygen atoms in total. The molecule has 2 aliphatic heterocycles. The van der Waals surface area contributed by atoms with E-state index in [-0.39, 0.29) is 24.0 Å². The first-order valence-electron chi connectivity index (χ1n) is 12.5. The minimum Gasteiger partial charge on any atom is -0.374 e. The maximum absolute atomic E-state index is 13.3. The van der Waals surface area contributed by atoms with Crippen LogP contribution in [0.1, 0.15) is 35.0 Å². The van der Waals surface area contributed by atoms with Crippen LogP contribution in [0.3, 0.4) is 0 Å². The SMILES string of the molecule is CC(=O)Nc1nc2c(s1)-c1c(c(-c3cccnc3)nn1-c1ccc(C(=O)N3CC4CC3CO4)cc1Cl)CC2. The second-order valence-corrected chi connectivity index (χ2v) is 11.2. The van der Waals surface area contributed by atoms with Crippen LogP contribution >= 0.6 is 22.9 Å². The maximum atomic E-state index is 13.3. The normalized spacial score (nSPS) is 19.4. The molecule has 4 aromatic rings. The summed E-state index contributed by atoms with van der Waals surface area (Å²) >= 11 is 8.28. The highest BCUT2D eigenvalue weighted by atomic mass is 35.5. The van der Waals surface area contributed by atoms with Gasteiger partial charge in [0.1, 0.15) is 0 Å². The summed E-state index contributed by atoms with van der Waals surface area (Å²) in [6.45, 7) is 2.69. The van der Waals surface area contributed by atoms with Crippen molar-refractivity contribution in [2.24, 2.45) is 0 Å². The van der Waals surface area contributed by atoms with Crippen LogP contribution in [0.2, 0.25) is 5.02 Å². The second kappa shape index (κ2) is 9.00. The summed E-state index contributed by atoms with van der Waals surface area (Å²) in [6, 6.07) is 9.40. The largest absolute Gasteiger partial charge is 0.374 e. The van der Waals surface area contributed by atoms with Crippen molar-refractivity contribution in [1.82, 2.24) is 24.6 Å². The van der Waals surface area contributed by atoms with Crippen LogP contribution < -0.4 is 5.32 Å². The quantitative estimate of drug-likeness (QED) is 0.407. The van der Waals surface area contributed by atoms with Crippen molar-refractivity contribution >= 4 is 39.9 Å². The van der Waals surface area contributed by atoms with Gasteiger partial charge < -0.3 is 15.0 Å². The first-order valence-corrected chi connectivity index (χ1v) is 13.7. The molecule has 1 aliphatic carbocycles. The Hall–Kier alpha value is -3.60. The summed E-state index contributed by atoms with van der Waals surface area (Å²) in [7, 11) is 0. The van der Waals surface area contributed by atoms with E-state index in [0.717, 1.165) is 52.3 Å². The molecule has 2 saturated heterocycles. The van der Waals surface area contributed by atoms with Crippen molar-refractivity contribution in [3.8, 4) is 27.5 Å². The number of rotatable bonds is 4. The third-order valence-electron chi connectivity index (χ3n) is 7.31. The molecule has 2 amide bonds. The van der Waals surface area contributed by atoms with Crippen LogP contribution in [-0.2, 0) is 22.4 Å². The topological polar surface area (TPSA) is 102 Å². The minimum atomic E-state index is -0.165. The van der Waals surface area contributed by atoms with E-state index < -0.39 is 0 Å². The molecule has 3 aromatic heterocycles. The number of halogens is 1. The molecule has 0 radical (unpaired) electrons. The number of hydrogen-bond donors (Lipinski definition) is 1. The van der Waals surface area contributed by atoms with Gasteiger partial charge in [-0.3, -0.25) is 14.6 Å². The number of carbonyl (C=O) groups is 2. The van der Waals surface area contributed by atoms with Crippen molar-refractivity contribution in [2.45, 2.75) is 38.3 Å². The summed E-state index contributed by atoms with van der Waals surface area (Å²) in [6.07, 6.45) is 6.04. The molecule has 38 heavy (non-hydrogen) atoms. The van der Waals surface area contributed by atoms with Crippen LogP contribution in [0, 0.1) is 0 Å². The Morgan fingerprint density at radius 1 is 1.24 bits per heavy atom. The number of thiazole rings is 1. The Bertz CT molecular complexity index is 1600. The van der Waals surface area contributed by atoms with Gasteiger partial charge in [0, 0.05) is 42.6 Å².